The van der Waals surface area contributed by atoms with Crippen LogP contribution in [0.5, 0.6) is 0 Å². The van der Waals surface area contributed by atoms with Crippen LogP contribution in [0.3, 0.4) is 0 Å². The molecule has 2 heterocycles. The number of nitrogens with one attached hydrogen (secondary N) is 1. The molecule has 2 aliphatic rings. The molecular weight excluding hydrogens is 352 g/mol. The molecule has 2 aliphatic heterocycles. The molecule has 7 heteroatoms. The van der Waals surface area contributed by atoms with Crippen LogP contribution in [0.15, 0.2) is 29.3 Å². The van der Waals surface area contributed by atoms with Gasteiger partial charge in [0.25, 0.3) is 0 Å². The van der Waals surface area contributed by atoms with Crippen molar-refractivity contribution in [3.05, 3.63) is 35.4 Å². The van der Waals surface area contributed by atoms with E-state index in [2.05, 4.69) is 56.3 Å². The molecule has 0 bridgehead atoms. The van der Waals surface area contributed by atoms with E-state index in [-0.39, 0.29) is 0 Å². The minimum Gasteiger partial charge on any atom is -0.379 e. The lowest BCUT2D eigenvalue weighted by molar-refractivity contribution is 0.0376. The first-order chi connectivity index (χ1) is 13.7. The highest BCUT2D eigenvalue weighted by Crippen LogP contribution is 2.10. The number of rotatable bonds is 8. The number of morpholine rings is 1. The van der Waals surface area contributed by atoms with Gasteiger partial charge < -0.3 is 20.7 Å². The smallest absolute Gasteiger partial charge is 0.188 e. The molecule has 156 valence electrons. The van der Waals surface area contributed by atoms with Crippen LogP contribution in [-0.2, 0) is 17.8 Å². The molecule has 0 atom stereocenters. The van der Waals surface area contributed by atoms with Crippen molar-refractivity contribution in [1.29, 1.82) is 0 Å². The summed E-state index contributed by atoms with van der Waals surface area (Å²) in [5.41, 5.74) is 8.56. The zero-order valence-corrected chi connectivity index (χ0v) is 17.3. The normalized spacial score (nSPS) is 20.4. The van der Waals surface area contributed by atoms with E-state index in [0.717, 1.165) is 78.5 Å². The van der Waals surface area contributed by atoms with Gasteiger partial charge in [-0.2, -0.15) is 0 Å². The third-order valence-electron chi connectivity index (χ3n) is 5.52. The molecule has 0 amide bonds. The monoisotopic (exact) mass is 388 g/mol. The Labute approximate surface area is 169 Å². The largest absolute Gasteiger partial charge is 0.379 e. The molecule has 3 rings (SSSR count). The summed E-state index contributed by atoms with van der Waals surface area (Å²) in [7, 11) is 2.19. The van der Waals surface area contributed by atoms with Gasteiger partial charge in [0.1, 0.15) is 0 Å². The Morgan fingerprint density at radius 2 is 1.68 bits per heavy atom. The minimum atomic E-state index is 0.531. The Hall–Kier alpha value is -1.67. The van der Waals surface area contributed by atoms with E-state index in [4.69, 9.17) is 10.5 Å². The number of ether oxygens (including phenoxy) is 1. The number of nitrogens with two attached hydrogens (primary N) is 1. The molecular formula is C21H36N6O. The zero-order valence-electron chi connectivity index (χ0n) is 17.3. The second-order valence-electron chi connectivity index (χ2n) is 7.83. The van der Waals surface area contributed by atoms with Crippen LogP contribution >= 0.6 is 0 Å². The number of hydrogen-bond donors (Lipinski definition) is 2. The van der Waals surface area contributed by atoms with E-state index in [1.165, 1.54) is 11.1 Å². The predicted molar refractivity (Wildman–Crippen MR) is 114 cm³/mol. The third-order valence-corrected chi connectivity index (χ3v) is 5.52. The standard InChI is InChI=1S/C21H36N6O/c1-25-9-11-27(12-10-25)18-20-5-3-19(4-6-20)17-24-21(22)23-7-2-8-26-13-15-28-16-14-26/h3-6H,2,7-18H2,1H3,(H3,22,23,24). The van der Waals surface area contributed by atoms with Crippen molar-refractivity contribution in [2.24, 2.45) is 10.7 Å². The summed E-state index contributed by atoms with van der Waals surface area (Å²) < 4.78 is 5.37. The van der Waals surface area contributed by atoms with Crippen LogP contribution in [0, 0.1) is 0 Å². The molecule has 28 heavy (non-hydrogen) atoms. The molecule has 2 saturated heterocycles. The molecule has 0 radical (unpaired) electrons. The Morgan fingerprint density at radius 3 is 2.39 bits per heavy atom. The van der Waals surface area contributed by atoms with Gasteiger partial charge in [-0.1, -0.05) is 24.3 Å². The SMILES string of the molecule is CN1CCN(Cc2ccc(CN=C(N)NCCCN3CCOCC3)cc2)CC1. The number of piperazine rings is 1. The highest BCUT2D eigenvalue weighted by Gasteiger charge is 2.13. The van der Waals surface area contributed by atoms with Gasteiger partial charge in [0.05, 0.1) is 19.8 Å². The van der Waals surface area contributed by atoms with Gasteiger partial charge in [-0.3, -0.25) is 9.80 Å². The van der Waals surface area contributed by atoms with Crippen molar-refractivity contribution < 1.29 is 4.74 Å². The van der Waals surface area contributed by atoms with Crippen LogP contribution in [0.25, 0.3) is 0 Å². The average molecular weight is 389 g/mol. The van der Waals surface area contributed by atoms with Gasteiger partial charge in [-0.25, -0.2) is 4.99 Å². The maximum atomic E-state index is 6.00. The third kappa shape index (κ3) is 7.39. The van der Waals surface area contributed by atoms with Crippen LogP contribution in [0.4, 0.5) is 0 Å². The second-order valence-corrected chi connectivity index (χ2v) is 7.83. The maximum Gasteiger partial charge on any atom is 0.188 e. The molecule has 0 saturated carbocycles. The van der Waals surface area contributed by atoms with E-state index in [9.17, 15) is 0 Å². The van der Waals surface area contributed by atoms with Crippen molar-refractivity contribution in [3.8, 4) is 0 Å². The van der Waals surface area contributed by atoms with Gasteiger partial charge >= 0.3 is 0 Å². The fourth-order valence-corrected chi connectivity index (χ4v) is 3.59. The van der Waals surface area contributed by atoms with Crippen molar-refractivity contribution in [2.75, 3.05) is 72.6 Å². The Balaban J connectivity index is 1.32. The number of nitrogens with zero attached hydrogens (tertiary/aromatic N) is 4. The highest BCUT2D eigenvalue weighted by molar-refractivity contribution is 5.77. The first-order valence-electron chi connectivity index (χ1n) is 10.5. The molecule has 0 aliphatic carbocycles. The maximum absolute atomic E-state index is 6.00. The summed E-state index contributed by atoms with van der Waals surface area (Å²) in [6.45, 7) is 12.0. The van der Waals surface area contributed by atoms with Crippen LogP contribution in [0.1, 0.15) is 17.5 Å². The van der Waals surface area contributed by atoms with E-state index in [1.807, 2.05) is 0 Å². The summed E-state index contributed by atoms with van der Waals surface area (Å²) >= 11 is 0. The lowest BCUT2D eigenvalue weighted by atomic mass is 10.1. The average Bonchev–Trinajstić information content (AvgIpc) is 2.73. The highest BCUT2D eigenvalue weighted by atomic mass is 16.5. The molecule has 7 nitrogen and oxygen atoms in total. The van der Waals surface area contributed by atoms with Crippen molar-refractivity contribution in [3.63, 3.8) is 0 Å². The molecule has 0 unspecified atom stereocenters. The van der Waals surface area contributed by atoms with Crippen LogP contribution in [0.2, 0.25) is 0 Å². The number of hydrogen-bond acceptors (Lipinski definition) is 5. The van der Waals surface area contributed by atoms with E-state index in [0.29, 0.717) is 12.5 Å². The van der Waals surface area contributed by atoms with Crippen molar-refractivity contribution >= 4 is 5.96 Å². The second kappa shape index (κ2) is 11.4. The lowest BCUT2D eigenvalue weighted by Gasteiger charge is -2.32. The molecule has 0 aromatic heterocycles. The Bertz CT molecular complexity index is 591. The number of likely N-dealkylation sites (N-methyl/N-ethyl adjacent to an activating group) is 1. The fourth-order valence-electron chi connectivity index (χ4n) is 3.59. The first-order valence-corrected chi connectivity index (χ1v) is 10.5. The van der Waals surface area contributed by atoms with Crippen molar-refractivity contribution in [1.82, 2.24) is 20.0 Å². The summed E-state index contributed by atoms with van der Waals surface area (Å²) in [6.07, 6.45) is 1.07. The van der Waals surface area contributed by atoms with Gasteiger partial charge in [0.2, 0.25) is 0 Å². The van der Waals surface area contributed by atoms with Gasteiger partial charge in [-0.15, -0.1) is 0 Å². The van der Waals surface area contributed by atoms with Gasteiger partial charge in [-0.05, 0) is 31.1 Å². The van der Waals surface area contributed by atoms with E-state index in [1.54, 1.807) is 0 Å². The van der Waals surface area contributed by atoms with Gasteiger partial charge in [0.15, 0.2) is 5.96 Å². The Morgan fingerprint density at radius 1 is 1.00 bits per heavy atom. The summed E-state index contributed by atoms with van der Waals surface area (Å²) in [5, 5.41) is 3.22. The summed E-state index contributed by atoms with van der Waals surface area (Å²) in [4.78, 5) is 11.8. The molecule has 2 fully saturated rings. The quantitative estimate of drug-likeness (QED) is 0.385. The molecule has 0 spiro atoms. The number of benzene rings is 1. The fraction of sp³-hybridized carbons (Fsp3) is 0.667. The summed E-state index contributed by atoms with van der Waals surface area (Å²) in [6, 6.07) is 8.77. The molecule has 3 N–H and O–H groups in total. The lowest BCUT2D eigenvalue weighted by Crippen LogP contribution is -2.43. The zero-order chi connectivity index (χ0) is 19.6. The minimum absolute atomic E-state index is 0.531. The number of guanidine groups is 1. The topological polar surface area (TPSA) is 69.4 Å². The Kier molecular flexibility index (Phi) is 8.54. The molecule has 1 aromatic carbocycles. The van der Waals surface area contributed by atoms with Crippen LogP contribution in [-0.4, -0.2) is 93.3 Å². The van der Waals surface area contributed by atoms with E-state index < -0.39 is 0 Å². The molecule has 1 aromatic rings. The van der Waals surface area contributed by atoms with Crippen LogP contribution < -0.4 is 11.1 Å². The first kappa shape index (κ1) is 21.0. The predicted octanol–water partition coefficient (Wildman–Crippen LogP) is 0.561. The van der Waals surface area contributed by atoms with E-state index >= 15 is 0 Å². The summed E-state index contributed by atoms with van der Waals surface area (Å²) in [5.74, 6) is 0.531. The number of aliphatic imine (C=N–C) groups is 1. The van der Waals surface area contributed by atoms with Crippen molar-refractivity contribution in [2.45, 2.75) is 19.5 Å². The van der Waals surface area contributed by atoms with Gasteiger partial charge in [0, 0.05) is 52.4 Å².